The molecule has 3 rings (SSSR count). The van der Waals surface area contributed by atoms with E-state index >= 15 is 0 Å². The quantitative estimate of drug-likeness (QED) is 0.495. The first-order valence-electron chi connectivity index (χ1n) is 9.56. The topological polar surface area (TPSA) is 80.8 Å². The minimum Gasteiger partial charge on any atom is -0.497 e. The van der Waals surface area contributed by atoms with Crippen molar-refractivity contribution >= 4 is 40.2 Å². The number of methoxy groups -OCH3 is 1. The number of aromatic nitrogens is 1. The van der Waals surface area contributed by atoms with Crippen LogP contribution in [0.2, 0.25) is 0 Å². The van der Waals surface area contributed by atoms with E-state index in [0.717, 1.165) is 33.4 Å². The SMILES string of the molecule is CCOC(=O)N1CCc2nc(NC(=O)CCCSc3ccc(OC)cc3)sc2C1. The number of thiazole rings is 1. The van der Waals surface area contributed by atoms with Gasteiger partial charge in [0, 0.05) is 29.2 Å². The molecule has 1 aromatic carbocycles. The molecule has 29 heavy (non-hydrogen) atoms. The molecule has 0 radical (unpaired) electrons. The Morgan fingerprint density at radius 2 is 2.10 bits per heavy atom. The second-order valence-electron chi connectivity index (χ2n) is 6.44. The average molecular weight is 436 g/mol. The summed E-state index contributed by atoms with van der Waals surface area (Å²) in [6.45, 7) is 3.23. The van der Waals surface area contributed by atoms with Gasteiger partial charge in [0.05, 0.1) is 26.0 Å². The zero-order valence-electron chi connectivity index (χ0n) is 16.6. The fourth-order valence-corrected chi connectivity index (χ4v) is 4.79. The van der Waals surface area contributed by atoms with Gasteiger partial charge >= 0.3 is 6.09 Å². The minimum atomic E-state index is -0.300. The first-order valence-corrected chi connectivity index (χ1v) is 11.4. The number of fused-ring (bicyclic) bond motifs is 1. The number of amides is 2. The van der Waals surface area contributed by atoms with Crippen LogP contribution in [-0.4, -0.2) is 47.9 Å². The van der Waals surface area contributed by atoms with Crippen molar-refractivity contribution in [3.8, 4) is 5.75 Å². The number of nitrogens with one attached hydrogen (secondary N) is 1. The van der Waals surface area contributed by atoms with Crippen LogP contribution in [0.5, 0.6) is 5.75 Å². The smallest absolute Gasteiger partial charge is 0.410 e. The maximum Gasteiger partial charge on any atom is 0.410 e. The molecule has 0 spiro atoms. The van der Waals surface area contributed by atoms with E-state index in [1.165, 1.54) is 11.3 Å². The Labute approximate surface area is 178 Å². The summed E-state index contributed by atoms with van der Waals surface area (Å²) in [5.41, 5.74) is 0.959. The van der Waals surface area contributed by atoms with Crippen molar-refractivity contribution in [3.63, 3.8) is 0 Å². The van der Waals surface area contributed by atoms with Crippen molar-refractivity contribution in [2.45, 2.75) is 37.6 Å². The van der Waals surface area contributed by atoms with Gasteiger partial charge in [-0.15, -0.1) is 11.8 Å². The summed E-state index contributed by atoms with van der Waals surface area (Å²) in [6, 6.07) is 7.90. The van der Waals surface area contributed by atoms with E-state index in [1.807, 2.05) is 24.3 Å². The summed E-state index contributed by atoms with van der Waals surface area (Å²) < 4.78 is 10.2. The number of carbonyl (C=O) groups is 2. The van der Waals surface area contributed by atoms with E-state index < -0.39 is 0 Å². The molecule has 9 heteroatoms. The number of ether oxygens (including phenoxy) is 2. The number of carbonyl (C=O) groups excluding carboxylic acids is 2. The molecule has 1 N–H and O–H groups in total. The first kappa shape index (κ1) is 21.4. The van der Waals surface area contributed by atoms with Gasteiger partial charge in [-0.25, -0.2) is 9.78 Å². The first-order chi connectivity index (χ1) is 14.1. The molecule has 7 nitrogen and oxygen atoms in total. The highest BCUT2D eigenvalue weighted by Gasteiger charge is 2.25. The van der Waals surface area contributed by atoms with Gasteiger partial charge < -0.3 is 19.7 Å². The van der Waals surface area contributed by atoms with Crippen molar-refractivity contribution in [1.29, 1.82) is 0 Å². The number of benzene rings is 1. The Balaban J connectivity index is 1.41. The second kappa shape index (κ2) is 10.5. The van der Waals surface area contributed by atoms with Crippen LogP contribution < -0.4 is 10.1 Å². The third-order valence-electron chi connectivity index (χ3n) is 4.38. The van der Waals surface area contributed by atoms with Gasteiger partial charge in [-0.2, -0.15) is 0 Å². The second-order valence-corrected chi connectivity index (χ2v) is 8.69. The van der Waals surface area contributed by atoms with Crippen LogP contribution in [0.1, 0.15) is 30.3 Å². The van der Waals surface area contributed by atoms with Gasteiger partial charge in [0.15, 0.2) is 5.13 Å². The average Bonchev–Trinajstić information content (AvgIpc) is 3.13. The van der Waals surface area contributed by atoms with E-state index in [4.69, 9.17) is 9.47 Å². The molecule has 0 fully saturated rings. The number of thioether (sulfide) groups is 1. The third kappa shape index (κ3) is 6.11. The van der Waals surface area contributed by atoms with Crippen LogP contribution in [0, 0.1) is 0 Å². The van der Waals surface area contributed by atoms with Crippen LogP contribution in [0.3, 0.4) is 0 Å². The van der Waals surface area contributed by atoms with Crippen LogP contribution in [-0.2, 0) is 22.5 Å². The molecule has 2 heterocycles. The zero-order chi connectivity index (χ0) is 20.6. The van der Waals surface area contributed by atoms with Gasteiger partial charge in [-0.1, -0.05) is 11.3 Å². The van der Waals surface area contributed by atoms with Gasteiger partial charge in [0.25, 0.3) is 0 Å². The highest BCUT2D eigenvalue weighted by atomic mass is 32.2. The molecule has 1 aliphatic heterocycles. The highest BCUT2D eigenvalue weighted by Crippen LogP contribution is 2.29. The lowest BCUT2D eigenvalue weighted by molar-refractivity contribution is -0.116. The largest absolute Gasteiger partial charge is 0.497 e. The van der Waals surface area contributed by atoms with Gasteiger partial charge in [-0.05, 0) is 43.4 Å². The fourth-order valence-electron chi connectivity index (χ4n) is 2.90. The summed E-state index contributed by atoms with van der Waals surface area (Å²) in [5.74, 6) is 1.67. The van der Waals surface area contributed by atoms with E-state index in [2.05, 4.69) is 10.3 Å². The lowest BCUT2D eigenvalue weighted by Crippen LogP contribution is -2.35. The van der Waals surface area contributed by atoms with Crippen molar-refractivity contribution < 1.29 is 19.1 Å². The van der Waals surface area contributed by atoms with Crippen LogP contribution in [0.25, 0.3) is 0 Å². The normalized spacial score (nSPS) is 13.0. The molecule has 1 aromatic heterocycles. The van der Waals surface area contributed by atoms with Crippen molar-refractivity contribution in [1.82, 2.24) is 9.88 Å². The Morgan fingerprint density at radius 1 is 1.31 bits per heavy atom. The van der Waals surface area contributed by atoms with E-state index in [0.29, 0.717) is 37.7 Å². The molecular weight excluding hydrogens is 410 g/mol. The fraction of sp³-hybridized carbons (Fsp3) is 0.450. The number of nitrogens with zero attached hydrogens (tertiary/aromatic N) is 2. The third-order valence-corrected chi connectivity index (χ3v) is 6.48. The molecule has 1 aliphatic rings. The number of hydrogen-bond acceptors (Lipinski definition) is 7. The molecule has 0 bridgehead atoms. The zero-order valence-corrected chi connectivity index (χ0v) is 18.2. The van der Waals surface area contributed by atoms with Crippen LogP contribution in [0.4, 0.5) is 9.93 Å². The summed E-state index contributed by atoms with van der Waals surface area (Å²) in [6.07, 6.45) is 1.61. The summed E-state index contributed by atoms with van der Waals surface area (Å²) in [5, 5.41) is 3.50. The predicted octanol–water partition coefficient (Wildman–Crippen LogP) is 4.18. The lowest BCUT2D eigenvalue weighted by atomic mass is 10.2. The minimum absolute atomic E-state index is 0.0336. The molecule has 0 aliphatic carbocycles. The van der Waals surface area contributed by atoms with Crippen LogP contribution in [0.15, 0.2) is 29.2 Å². The maximum absolute atomic E-state index is 12.2. The predicted molar refractivity (Wildman–Crippen MR) is 115 cm³/mol. The summed E-state index contributed by atoms with van der Waals surface area (Å²) >= 11 is 3.15. The van der Waals surface area contributed by atoms with E-state index in [-0.39, 0.29) is 12.0 Å². The Kier molecular flexibility index (Phi) is 7.76. The molecule has 0 atom stereocenters. The van der Waals surface area contributed by atoms with E-state index in [9.17, 15) is 9.59 Å². The molecule has 2 aromatic rings. The molecule has 0 saturated heterocycles. The molecule has 0 saturated carbocycles. The summed E-state index contributed by atoms with van der Waals surface area (Å²) in [4.78, 5) is 32.5. The number of anilines is 1. The Hall–Kier alpha value is -2.26. The Morgan fingerprint density at radius 3 is 2.83 bits per heavy atom. The van der Waals surface area contributed by atoms with E-state index in [1.54, 1.807) is 30.7 Å². The van der Waals surface area contributed by atoms with Gasteiger partial charge in [0.2, 0.25) is 5.91 Å². The Bertz CT molecular complexity index is 839. The maximum atomic E-state index is 12.2. The molecular formula is C20H25N3O4S2. The number of rotatable bonds is 8. The molecule has 0 unspecified atom stereocenters. The van der Waals surface area contributed by atoms with Gasteiger partial charge in [0.1, 0.15) is 5.75 Å². The highest BCUT2D eigenvalue weighted by molar-refractivity contribution is 7.99. The van der Waals surface area contributed by atoms with Crippen molar-refractivity contribution in [2.75, 3.05) is 31.3 Å². The van der Waals surface area contributed by atoms with Gasteiger partial charge in [-0.3, -0.25) is 4.79 Å². The monoisotopic (exact) mass is 435 g/mol. The van der Waals surface area contributed by atoms with Crippen molar-refractivity contribution in [2.24, 2.45) is 0 Å². The van der Waals surface area contributed by atoms with Crippen molar-refractivity contribution in [3.05, 3.63) is 34.8 Å². The molecule has 156 valence electrons. The standard InChI is InChI=1S/C20H25N3O4S2/c1-3-27-20(25)23-11-10-16-17(13-23)29-19(21-16)22-18(24)5-4-12-28-15-8-6-14(26-2)7-9-15/h6-9H,3-5,10-13H2,1-2H3,(H,21,22,24). The van der Waals surface area contributed by atoms with Crippen LogP contribution >= 0.6 is 23.1 Å². The molecule has 2 amide bonds. The number of hydrogen-bond donors (Lipinski definition) is 1. The lowest BCUT2D eigenvalue weighted by Gasteiger charge is -2.24. The summed E-state index contributed by atoms with van der Waals surface area (Å²) in [7, 11) is 1.65.